The average Bonchev–Trinajstić information content (AvgIpc) is 3.90. The van der Waals surface area contributed by atoms with E-state index in [0.29, 0.717) is 11.1 Å². The third kappa shape index (κ3) is 21.3. The third-order valence-corrected chi connectivity index (χ3v) is 12.8. The van der Waals surface area contributed by atoms with Crippen LogP contribution in [0.3, 0.4) is 0 Å². The Morgan fingerprint density at radius 3 is 1.51 bits per heavy atom. The van der Waals surface area contributed by atoms with Crippen molar-refractivity contribution in [3.63, 3.8) is 0 Å². The Balaban J connectivity index is 1.56. The normalized spacial score (nSPS) is 15.6. The highest BCUT2D eigenvalue weighted by molar-refractivity contribution is 5.98. The summed E-state index contributed by atoms with van der Waals surface area (Å²) >= 11 is 0. The van der Waals surface area contributed by atoms with Crippen LogP contribution in [0.4, 0.5) is 0 Å². The van der Waals surface area contributed by atoms with Gasteiger partial charge in [-0.15, -0.1) is 0 Å². The smallest absolute Gasteiger partial charge is 0.303 e. The van der Waals surface area contributed by atoms with Gasteiger partial charge in [0, 0.05) is 38.8 Å². The molecule has 0 aromatic heterocycles. The van der Waals surface area contributed by atoms with Crippen molar-refractivity contribution in [2.45, 2.75) is 139 Å². The zero-order valence-corrected chi connectivity index (χ0v) is 43.9. The first kappa shape index (κ1) is 62.1. The number of nitrogens with zero attached hydrogens (tertiary/aromatic N) is 2. The second-order valence-corrected chi connectivity index (χ2v) is 19.6. The second-order valence-electron chi connectivity index (χ2n) is 19.6. The minimum atomic E-state index is -1.59. The molecule has 422 valence electrons. The summed E-state index contributed by atoms with van der Waals surface area (Å²) in [6, 6.07) is 15.8. The molecule has 8 amide bonds. The summed E-state index contributed by atoms with van der Waals surface area (Å²) in [4.78, 5) is 140. The highest BCUT2D eigenvalue weighted by atomic mass is 16.4. The number of aliphatic carboxylic acids is 2. The van der Waals surface area contributed by atoms with E-state index in [4.69, 9.17) is 22.9 Å². The largest absolute Gasteiger partial charge is 0.481 e. The van der Waals surface area contributed by atoms with Crippen LogP contribution in [0.1, 0.15) is 88.3 Å². The van der Waals surface area contributed by atoms with Crippen LogP contribution in [0, 0.1) is 5.92 Å². The average molecular weight is 1080 g/mol. The Morgan fingerprint density at radius 2 is 1.00 bits per heavy atom. The Morgan fingerprint density at radius 1 is 0.564 bits per heavy atom. The second kappa shape index (κ2) is 31.6. The van der Waals surface area contributed by atoms with Crippen molar-refractivity contribution < 1.29 is 58.2 Å². The lowest BCUT2D eigenvalue weighted by molar-refractivity contribution is -0.143. The lowest BCUT2D eigenvalue weighted by Crippen LogP contribution is -2.60. The van der Waals surface area contributed by atoms with Crippen molar-refractivity contribution in [2.75, 3.05) is 13.1 Å². The van der Waals surface area contributed by atoms with Crippen LogP contribution in [0.25, 0.3) is 0 Å². The number of rotatable bonds is 32. The maximum absolute atomic E-state index is 14.6. The van der Waals surface area contributed by atoms with Crippen LogP contribution in [0.5, 0.6) is 0 Å². The number of nitrogens with one attached hydrogen (secondary N) is 6. The molecule has 0 saturated carbocycles. The Kier molecular flexibility index (Phi) is 25.2. The van der Waals surface area contributed by atoms with Crippen LogP contribution in [-0.2, 0) is 67.2 Å². The number of aliphatic imine (C=N–C) groups is 1. The number of likely N-dealkylation sites (tertiary alicyclic amines) is 1. The number of hydrogen-bond acceptors (Lipinski definition) is 12. The molecule has 3 aromatic carbocycles. The van der Waals surface area contributed by atoms with Crippen LogP contribution in [0.2, 0.25) is 0 Å². The topological polar surface area (TPSA) is 403 Å². The minimum absolute atomic E-state index is 0.0159. The molecule has 16 N–H and O–H groups in total. The van der Waals surface area contributed by atoms with Gasteiger partial charge in [-0.05, 0) is 74.0 Å². The lowest BCUT2D eigenvalue weighted by atomic mass is 9.99. The zero-order valence-electron chi connectivity index (χ0n) is 43.9. The van der Waals surface area contributed by atoms with E-state index >= 15 is 0 Å². The van der Waals surface area contributed by atoms with Gasteiger partial charge in [-0.3, -0.25) is 52.9 Å². The van der Waals surface area contributed by atoms with Crippen molar-refractivity contribution >= 4 is 65.2 Å². The van der Waals surface area contributed by atoms with E-state index in [2.05, 4.69) is 36.9 Å². The van der Waals surface area contributed by atoms with E-state index in [9.17, 15) is 58.2 Å². The fourth-order valence-electron chi connectivity index (χ4n) is 8.77. The number of carboxylic acid groups (broad SMARTS) is 2. The Labute approximate surface area is 452 Å². The SMILES string of the molecule is CC(C)C[C@H](NC(=O)[C@@H](N)Cc1ccccc1)C(=O)N[C@@H](Cc1ccccc1)C(=O)N[C@@H](CCC(=O)O)C(=O)N1CCC[C@H]1C(=O)N[C@@H](CCC(=O)O)C(=O)N[C@@H](CCCN=C(N)N)C(=O)N[C@@H](Cc1ccccc1)C(N)=O. The van der Waals surface area contributed by atoms with Gasteiger partial charge in [0.15, 0.2) is 5.96 Å². The van der Waals surface area contributed by atoms with Crippen LogP contribution in [0.15, 0.2) is 96.0 Å². The summed E-state index contributed by atoms with van der Waals surface area (Å²) in [6.07, 6.45) is -1.52. The van der Waals surface area contributed by atoms with E-state index in [-0.39, 0.29) is 76.3 Å². The Bertz CT molecular complexity index is 2550. The summed E-state index contributed by atoms with van der Waals surface area (Å²) in [5.74, 6) is -9.58. The van der Waals surface area contributed by atoms with Gasteiger partial charge in [0.1, 0.15) is 42.3 Å². The fraction of sp³-hybridized carbons (Fsp3) is 0.463. The fourth-order valence-corrected chi connectivity index (χ4v) is 8.77. The highest BCUT2D eigenvalue weighted by Gasteiger charge is 2.40. The van der Waals surface area contributed by atoms with Crippen molar-refractivity contribution in [1.29, 1.82) is 0 Å². The summed E-state index contributed by atoms with van der Waals surface area (Å²) in [5, 5.41) is 35.1. The number of guanidine groups is 1. The minimum Gasteiger partial charge on any atom is -0.481 e. The monoisotopic (exact) mass is 1080 g/mol. The third-order valence-electron chi connectivity index (χ3n) is 12.8. The number of primary amides is 1. The first-order valence-corrected chi connectivity index (χ1v) is 25.9. The highest BCUT2D eigenvalue weighted by Crippen LogP contribution is 2.21. The molecule has 0 spiro atoms. The van der Waals surface area contributed by atoms with Gasteiger partial charge in [-0.2, -0.15) is 0 Å². The molecular weight excluding hydrogens is 1010 g/mol. The predicted molar refractivity (Wildman–Crippen MR) is 287 cm³/mol. The molecular formula is C54H74N12O12. The van der Waals surface area contributed by atoms with Crippen molar-refractivity contribution in [3.8, 4) is 0 Å². The van der Waals surface area contributed by atoms with Crippen LogP contribution < -0.4 is 54.8 Å². The quantitative estimate of drug-likeness (QED) is 0.0208. The summed E-state index contributed by atoms with van der Waals surface area (Å²) in [5.41, 5.74) is 24.9. The van der Waals surface area contributed by atoms with Gasteiger partial charge in [-0.25, -0.2) is 0 Å². The maximum atomic E-state index is 14.6. The molecule has 1 saturated heterocycles. The van der Waals surface area contributed by atoms with E-state index in [0.717, 1.165) is 10.5 Å². The molecule has 8 atom stereocenters. The molecule has 4 rings (SSSR count). The molecule has 24 heteroatoms. The van der Waals surface area contributed by atoms with Gasteiger partial charge in [0.2, 0.25) is 47.3 Å². The van der Waals surface area contributed by atoms with Crippen molar-refractivity contribution in [1.82, 2.24) is 36.8 Å². The number of carboxylic acids is 2. The molecule has 24 nitrogen and oxygen atoms in total. The molecule has 1 fully saturated rings. The molecule has 1 aliphatic rings. The lowest BCUT2D eigenvalue weighted by Gasteiger charge is -2.31. The molecule has 0 unspecified atom stereocenters. The van der Waals surface area contributed by atoms with E-state index in [1.807, 2.05) is 32.0 Å². The number of carbonyl (C=O) groups is 10. The number of carbonyl (C=O) groups excluding carboxylic acids is 8. The maximum Gasteiger partial charge on any atom is 0.303 e. The first-order valence-electron chi connectivity index (χ1n) is 25.9. The number of hydrogen-bond donors (Lipinski definition) is 12. The molecule has 1 aliphatic heterocycles. The van der Waals surface area contributed by atoms with E-state index in [1.165, 1.54) is 0 Å². The van der Waals surface area contributed by atoms with Crippen molar-refractivity contribution in [3.05, 3.63) is 108 Å². The number of amides is 8. The van der Waals surface area contributed by atoms with Gasteiger partial charge in [0.05, 0.1) is 6.04 Å². The summed E-state index contributed by atoms with van der Waals surface area (Å²) in [7, 11) is 0. The summed E-state index contributed by atoms with van der Waals surface area (Å²) < 4.78 is 0. The van der Waals surface area contributed by atoms with E-state index in [1.54, 1.807) is 72.8 Å². The van der Waals surface area contributed by atoms with E-state index < -0.39 is 133 Å². The molecule has 1 heterocycles. The van der Waals surface area contributed by atoms with Gasteiger partial charge < -0.3 is 69.9 Å². The molecule has 0 radical (unpaired) electrons. The van der Waals surface area contributed by atoms with Gasteiger partial charge in [0.25, 0.3) is 0 Å². The molecule has 78 heavy (non-hydrogen) atoms. The zero-order chi connectivity index (χ0) is 57.3. The standard InChI is InChI=1S/C54H74N12O12/c1-32(2)28-41(64-47(72)36(55)29-33-14-6-3-7-15-33)50(75)65-42(31-35-18-10-5-11-19-35)51(76)62-39(23-25-45(69)70)53(78)66-27-13-21-43(66)52(77)61-38(22-24-44(67)68)49(74)60-37(20-12-26-59-54(57)58)48(73)63-40(46(56)71)30-34-16-8-4-9-17-34/h3-11,14-19,32,36-43H,12-13,20-31,55H2,1-2H3,(H2,56,71)(H,60,74)(H,61,77)(H,62,76)(H,63,73)(H,64,72)(H,65,75)(H,67,68)(H,69,70)(H4,57,58,59)/t36-,37-,38-,39-,40-,41-,42-,43-/m0/s1. The predicted octanol–water partition coefficient (Wildman–Crippen LogP) is -0.744. The Hall–Kier alpha value is -8.41. The molecule has 0 bridgehead atoms. The van der Waals surface area contributed by atoms with Crippen LogP contribution >= 0.6 is 0 Å². The van der Waals surface area contributed by atoms with Crippen LogP contribution in [-0.4, -0.2) is 142 Å². The first-order chi connectivity index (χ1) is 37.1. The summed E-state index contributed by atoms with van der Waals surface area (Å²) in [6.45, 7) is 3.68. The number of nitrogens with two attached hydrogens (primary N) is 4. The molecule has 3 aromatic rings. The number of benzene rings is 3. The van der Waals surface area contributed by atoms with Crippen molar-refractivity contribution in [2.24, 2.45) is 33.8 Å². The van der Waals surface area contributed by atoms with Gasteiger partial charge >= 0.3 is 11.9 Å². The molecule has 0 aliphatic carbocycles. The van der Waals surface area contributed by atoms with Gasteiger partial charge in [-0.1, -0.05) is 105 Å².